The summed E-state index contributed by atoms with van der Waals surface area (Å²) in [6, 6.07) is 8.34. The largest absolute Gasteiger partial charge is 1.00 e. The summed E-state index contributed by atoms with van der Waals surface area (Å²) in [7, 11) is 1.53. The van der Waals surface area contributed by atoms with Gasteiger partial charge in [0.15, 0.2) is 0 Å². The number of ether oxygens (including phenoxy) is 1. The van der Waals surface area contributed by atoms with Crippen LogP contribution in [0.2, 0.25) is 0 Å². The molecule has 11 heteroatoms. The number of aromatic nitrogens is 1. The minimum Gasteiger partial charge on any atom is -1.00 e. The van der Waals surface area contributed by atoms with Gasteiger partial charge in [-0.25, -0.2) is 0 Å². The molecule has 0 radical (unpaired) electrons. The number of pyridine rings is 1. The highest BCUT2D eigenvalue weighted by Crippen LogP contribution is 2.48. The van der Waals surface area contributed by atoms with Crippen molar-refractivity contribution >= 4 is 10.9 Å². The standard InChI is InChI=1S/C29H29F6N2O2.BrH/c1-3-18-16-37(15-17-10-20(28(30,31)32)13-21(11-17)29(33,34)35)9-7-19(18)12-26(37)27(38)23-6-8-36-25-5-4-22(39-2)14-24(23)25;/h3-6,8,10-11,13-14,18-19,26-27,38H,1,7,9,12,15-16H2,2H3;1H/q+1;/p-1/t18?,19?,26-,27?,37?;/m0./s1. The highest BCUT2D eigenvalue weighted by Gasteiger charge is 2.54. The van der Waals surface area contributed by atoms with E-state index in [9.17, 15) is 31.4 Å². The van der Waals surface area contributed by atoms with Crippen molar-refractivity contribution in [1.29, 1.82) is 0 Å². The van der Waals surface area contributed by atoms with Gasteiger partial charge in [0.1, 0.15) is 24.4 Å². The summed E-state index contributed by atoms with van der Waals surface area (Å²) in [6.07, 6.45) is -6.16. The number of hydrogen-bond donors (Lipinski definition) is 1. The van der Waals surface area contributed by atoms with E-state index in [1.807, 2.05) is 6.08 Å². The lowest BCUT2D eigenvalue weighted by Crippen LogP contribution is -3.00. The van der Waals surface area contributed by atoms with Crippen LogP contribution in [-0.2, 0) is 18.9 Å². The Morgan fingerprint density at radius 3 is 2.35 bits per heavy atom. The zero-order valence-electron chi connectivity index (χ0n) is 21.6. The van der Waals surface area contributed by atoms with Crippen LogP contribution >= 0.6 is 0 Å². The number of fused-ring (bicyclic) bond motifs is 4. The van der Waals surface area contributed by atoms with E-state index in [-0.39, 0.29) is 51.5 Å². The number of aliphatic hydroxyl groups excluding tert-OH is 1. The predicted octanol–water partition coefficient (Wildman–Crippen LogP) is 3.93. The number of alkyl halides is 6. The lowest BCUT2D eigenvalue weighted by atomic mass is 9.71. The smallest absolute Gasteiger partial charge is 0.416 e. The van der Waals surface area contributed by atoms with Crippen molar-refractivity contribution in [3.8, 4) is 5.75 Å². The molecule has 4 heterocycles. The van der Waals surface area contributed by atoms with E-state index >= 15 is 0 Å². The molecule has 5 atom stereocenters. The first-order chi connectivity index (χ1) is 18.3. The monoisotopic (exact) mass is 630 g/mol. The van der Waals surface area contributed by atoms with Crippen molar-refractivity contribution in [2.75, 3.05) is 20.2 Å². The van der Waals surface area contributed by atoms with E-state index < -0.39 is 35.6 Å². The van der Waals surface area contributed by atoms with E-state index in [0.717, 1.165) is 18.6 Å². The molecule has 216 valence electrons. The number of piperidine rings is 3. The molecule has 0 saturated carbocycles. The van der Waals surface area contributed by atoms with Gasteiger partial charge in [-0.3, -0.25) is 4.98 Å². The van der Waals surface area contributed by atoms with Crippen molar-refractivity contribution in [2.45, 2.75) is 43.9 Å². The summed E-state index contributed by atoms with van der Waals surface area (Å²) in [5.74, 6) is 0.843. The first-order valence-electron chi connectivity index (χ1n) is 12.7. The maximum atomic E-state index is 13.6. The SMILES string of the molecule is C=CC1C[N+]2(Cc3cc(C(F)(F)F)cc(C(F)(F)F)c3)CCC1C[C@H]2C(O)c1ccnc2ccc(OC)cc12.[Br-]. The summed E-state index contributed by atoms with van der Waals surface area (Å²) >= 11 is 0. The number of benzene rings is 2. The summed E-state index contributed by atoms with van der Waals surface area (Å²) in [5, 5.41) is 12.5. The fourth-order valence-electron chi connectivity index (χ4n) is 6.59. The number of rotatable bonds is 6. The molecule has 1 N–H and O–H groups in total. The second-order valence-electron chi connectivity index (χ2n) is 10.7. The highest BCUT2D eigenvalue weighted by molar-refractivity contribution is 5.83. The van der Waals surface area contributed by atoms with Crippen molar-refractivity contribution in [3.05, 3.63) is 83.6 Å². The van der Waals surface area contributed by atoms with Crippen LogP contribution in [0.5, 0.6) is 5.75 Å². The normalized spacial score (nSPS) is 25.4. The zero-order chi connectivity index (χ0) is 28.2. The number of methoxy groups -OCH3 is 1. The van der Waals surface area contributed by atoms with Crippen molar-refractivity contribution in [1.82, 2.24) is 4.98 Å². The first kappa shape index (κ1) is 30.3. The highest BCUT2D eigenvalue weighted by atomic mass is 79.9. The number of aliphatic hydroxyl groups is 1. The second-order valence-corrected chi connectivity index (χ2v) is 10.7. The molecular formula is C29H29BrF6N2O2. The number of halogens is 7. The topological polar surface area (TPSA) is 42.4 Å². The Hall–Kier alpha value is -2.63. The predicted molar refractivity (Wildman–Crippen MR) is 134 cm³/mol. The first-order valence-corrected chi connectivity index (χ1v) is 12.7. The van der Waals surface area contributed by atoms with Crippen molar-refractivity contribution < 1.29 is 57.7 Å². The van der Waals surface area contributed by atoms with Crippen LogP contribution in [0.3, 0.4) is 0 Å². The maximum absolute atomic E-state index is 13.6. The third-order valence-electron chi connectivity index (χ3n) is 8.49. The molecule has 0 aliphatic carbocycles. The Morgan fingerprint density at radius 2 is 1.75 bits per heavy atom. The van der Waals surface area contributed by atoms with Gasteiger partial charge in [-0.05, 0) is 53.9 Å². The Labute approximate surface area is 238 Å². The molecule has 3 aliphatic rings. The van der Waals surface area contributed by atoms with Crippen LogP contribution in [0.25, 0.3) is 10.9 Å². The van der Waals surface area contributed by atoms with Crippen LogP contribution < -0.4 is 21.7 Å². The van der Waals surface area contributed by atoms with Crippen molar-refractivity contribution in [3.63, 3.8) is 0 Å². The van der Waals surface area contributed by atoms with E-state index in [0.29, 0.717) is 41.7 Å². The molecule has 0 spiro atoms. The minimum absolute atomic E-state index is 0. The zero-order valence-corrected chi connectivity index (χ0v) is 23.2. The van der Waals surface area contributed by atoms with E-state index in [1.165, 1.54) is 7.11 Å². The lowest BCUT2D eigenvalue weighted by molar-refractivity contribution is -0.984. The van der Waals surface area contributed by atoms with Gasteiger partial charge in [0.05, 0.1) is 36.8 Å². The number of nitrogens with zero attached hydrogens (tertiary/aromatic N) is 2. The third kappa shape index (κ3) is 5.60. The van der Waals surface area contributed by atoms with Crippen LogP contribution in [0.1, 0.15) is 41.2 Å². The Balaban J connectivity index is 0.00000370. The summed E-state index contributed by atoms with van der Waals surface area (Å²) < 4.78 is 87.2. The Kier molecular flexibility index (Phi) is 8.33. The molecule has 40 heavy (non-hydrogen) atoms. The molecule has 3 fully saturated rings. The van der Waals surface area contributed by atoms with Crippen LogP contribution in [0.15, 0.2) is 61.3 Å². The van der Waals surface area contributed by atoms with Crippen LogP contribution in [-0.4, -0.2) is 40.8 Å². The Bertz CT molecular complexity index is 1360. The van der Waals surface area contributed by atoms with Crippen LogP contribution in [0.4, 0.5) is 26.3 Å². The number of quaternary nitrogens is 1. The van der Waals surface area contributed by atoms with Crippen LogP contribution in [0, 0.1) is 11.8 Å². The van der Waals surface area contributed by atoms with Gasteiger partial charge in [-0.1, -0.05) is 6.08 Å². The summed E-state index contributed by atoms with van der Waals surface area (Å²) in [6.45, 7) is 4.86. The Morgan fingerprint density at radius 1 is 1.07 bits per heavy atom. The fourth-order valence-corrected chi connectivity index (χ4v) is 6.59. The second kappa shape index (κ2) is 11.0. The molecule has 3 saturated heterocycles. The third-order valence-corrected chi connectivity index (χ3v) is 8.49. The average molecular weight is 631 g/mol. The van der Waals surface area contributed by atoms with Gasteiger partial charge in [0.25, 0.3) is 0 Å². The minimum atomic E-state index is -4.93. The lowest BCUT2D eigenvalue weighted by Gasteiger charge is -2.58. The van der Waals surface area contributed by atoms with Gasteiger partial charge in [0.2, 0.25) is 0 Å². The van der Waals surface area contributed by atoms with Gasteiger partial charge < -0.3 is 31.3 Å². The average Bonchev–Trinajstić information content (AvgIpc) is 2.90. The van der Waals surface area contributed by atoms with E-state index in [1.54, 1.807) is 30.5 Å². The molecule has 0 amide bonds. The van der Waals surface area contributed by atoms with Gasteiger partial charge in [-0.15, -0.1) is 6.58 Å². The van der Waals surface area contributed by atoms with E-state index in [2.05, 4.69) is 11.6 Å². The van der Waals surface area contributed by atoms with Gasteiger partial charge >= 0.3 is 12.4 Å². The maximum Gasteiger partial charge on any atom is 0.416 e. The molecule has 2 bridgehead atoms. The molecular weight excluding hydrogens is 602 g/mol. The molecule has 4 unspecified atom stereocenters. The van der Waals surface area contributed by atoms with Gasteiger partial charge in [-0.2, -0.15) is 26.3 Å². The summed E-state index contributed by atoms with van der Waals surface area (Å²) in [5.41, 5.74) is -1.47. The molecule has 2 aromatic carbocycles. The molecule has 1 aromatic heterocycles. The van der Waals surface area contributed by atoms with Crippen molar-refractivity contribution in [2.24, 2.45) is 11.8 Å². The molecule has 3 aliphatic heterocycles. The fraction of sp³-hybridized carbons (Fsp3) is 0.414. The summed E-state index contributed by atoms with van der Waals surface area (Å²) in [4.78, 5) is 4.37. The van der Waals surface area contributed by atoms with E-state index in [4.69, 9.17) is 4.74 Å². The van der Waals surface area contributed by atoms with Gasteiger partial charge in [0, 0.05) is 35.9 Å². The molecule has 6 rings (SSSR count). The molecule has 4 nitrogen and oxygen atoms in total. The number of hydrogen-bond acceptors (Lipinski definition) is 3. The molecule has 3 aromatic rings. The quantitative estimate of drug-likeness (QED) is 0.255.